The van der Waals surface area contributed by atoms with Gasteiger partial charge in [0.1, 0.15) is 5.82 Å². The number of nitrogens with zero attached hydrogens (tertiary/aromatic N) is 2. The molecule has 0 unspecified atom stereocenters. The summed E-state index contributed by atoms with van der Waals surface area (Å²) in [5, 5.41) is 6.32. The van der Waals surface area contributed by atoms with Gasteiger partial charge in [0.05, 0.1) is 46.5 Å². The predicted octanol–water partition coefficient (Wildman–Crippen LogP) is 2.75. The molecule has 1 fully saturated rings. The first-order valence-electron chi connectivity index (χ1n) is 14.2. The molecule has 10 nitrogen and oxygen atoms in total. The molecule has 1 aromatic carbocycles. The van der Waals surface area contributed by atoms with Crippen LogP contribution in [0.4, 0.5) is 10.1 Å². The first-order valence-corrected chi connectivity index (χ1v) is 15.8. The standard InChI is InChI=1S/C29H40FN5O5S/c1-29(2)13-23-26(41(38,39)16-29)20-14-40-15-24(20)35(23)19-11-21(30)25(27(31)36)22(12-19)33-18-7-5-17(6-8-18)28(37)32-9-10-34(3)4/h11-12,17-18,33H,5-10,13-16H2,1-4H3,(H2,31,36)(H,32,37)/t17-,18-. The Kier molecular flexibility index (Phi) is 7.95. The number of ether oxygens (including phenoxy) is 1. The van der Waals surface area contributed by atoms with Crippen molar-refractivity contribution in [2.75, 3.05) is 38.3 Å². The molecule has 2 aliphatic heterocycles. The number of anilines is 1. The Morgan fingerprint density at radius 2 is 1.85 bits per heavy atom. The highest BCUT2D eigenvalue weighted by molar-refractivity contribution is 7.91. The number of nitrogens with one attached hydrogen (secondary N) is 2. The second-order valence-electron chi connectivity index (χ2n) is 12.6. The molecule has 0 radical (unpaired) electrons. The van der Waals surface area contributed by atoms with Crippen LogP contribution in [-0.2, 0) is 39.0 Å². The number of nitrogens with two attached hydrogens (primary N) is 1. The van der Waals surface area contributed by atoms with Gasteiger partial charge in [0.15, 0.2) is 9.84 Å². The highest BCUT2D eigenvalue weighted by atomic mass is 32.2. The number of primary amides is 1. The molecule has 4 N–H and O–H groups in total. The number of carbonyl (C=O) groups is 2. The Balaban J connectivity index is 1.44. The summed E-state index contributed by atoms with van der Waals surface area (Å²) in [7, 11) is 0.340. The van der Waals surface area contributed by atoms with Crippen LogP contribution in [0.15, 0.2) is 17.0 Å². The first-order chi connectivity index (χ1) is 19.3. The normalized spacial score (nSPS) is 22.7. The number of aromatic nitrogens is 1. The number of benzene rings is 1. The lowest BCUT2D eigenvalue weighted by molar-refractivity contribution is -0.125. The average Bonchev–Trinajstić information content (AvgIpc) is 3.42. The minimum atomic E-state index is -3.57. The molecule has 3 aliphatic rings. The summed E-state index contributed by atoms with van der Waals surface area (Å²) in [5.41, 5.74) is 7.49. The molecule has 3 heterocycles. The number of amides is 2. The fourth-order valence-electron chi connectivity index (χ4n) is 6.54. The summed E-state index contributed by atoms with van der Waals surface area (Å²) >= 11 is 0. The lowest BCUT2D eigenvalue weighted by Crippen LogP contribution is -2.38. The van der Waals surface area contributed by atoms with E-state index in [0.29, 0.717) is 66.2 Å². The fraction of sp³-hybridized carbons (Fsp3) is 0.586. The van der Waals surface area contributed by atoms with E-state index in [4.69, 9.17) is 10.5 Å². The number of likely N-dealkylation sites (N-methyl/N-ethyl adjacent to an activating group) is 1. The third-order valence-corrected chi connectivity index (χ3v) is 10.6. The molecule has 5 rings (SSSR count). The molecule has 0 atom stereocenters. The van der Waals surface area contributed by atoms with E-state index in [1.165, 1.54) is 6.07 Å². The maximum absolute atomic E-state index is 15.6. The van der Waals surface area contributed by atoms with Crippen LogP contribution in [0.25, 0.3) is 5.69 Å². The second kappa shape index (κ2) is 11.0. The van der Waals surface area contributed by atoms with Gasteiger partial charge in [0.2, 0.25) is 5.91 Å². The van der Waals surface area contributed by atoms with E-state index in [2.05, 4.69) is 10.6 Å². The summed E-state index contributed by atoms with van der Waals surface area (Å²) in [6, 6.07) is 2.84. The van der Waals surface area contributed by atoms with Crippen LogP contribution in [0.2, 0.25) is 0 Å². The minimum Gasteiger partial charge on any atom is -0.382 e. The molecule has 1 aromatic heterocycles. The van der Waals surface area contributed by atoms with Gasteiger partial charge in [-0.1, -0.05) is 13.8 Å². The number of rotatable bonds is 8. The average molecular weight is 590 g/mol. The van der Waals surface area contributed by atoms with Gasteiger partial charge in [-0.15, -0.1) is 0 Å². The van der Waals surface area contributed by atoms with Gasteiger partial charge in [-0.3, -0.25) is 9.59 Å². The molecule has 2 aromatic rings. The Morgan fingerprint density at radius 1 is 1.15 bits per heavy atom. The fourth-order valence-corrected chi connectivity index (χ4v) is 8.89. The van der Waals surface area contributed by atoms with Crippen LogP contribution in [0.3, 0.4) is 0 Å². The second-order valence-corrected chi connectivity index (χ2v) is 14.6. The quantitative estimate of drug-likeness (QED) is 0.431. The van der Waals surface area contributed by atoms with E-state index >= 15 is 4.39 Å². The Labute approximate surface area is 240 Å². The summed E-state index contributed by atoms with van der Waals surface area (Å²) in [5.74, 6) is -1.69. The number of hydrogen-bond donors (Lipinski definition) is 3. The van der Waals surface area contributed by atoms with Gasteiger partial charge in [0, 0.05) is 36.3 Å². The van der Waals surface area contributed by atoms with Crippen molar-refractivity contribution in [1.29, 1.82) is 0 Å². The van der Waals surface area contributed by atoms with Crippen LogP contribution in [0.1, 0.15) is 66.8 Å². The first kappa shape index (κ1) is 29.5. The van der Waals surface area contributed by atoms with E-state index in [-0.39, 0.29) is 48.1 Å². The number of hydrogen-bond acceptors (Lipinski definition) is 7. The minimum absolute atomic E-state index is 0.0293. The van der Waals surface area contributed by atoms with Crippen LogP contribution < -0.4 is 16.4 Å². The van der Waals surface area contributed by atoms with Crippen molar-refractivity contribution < 1.29 is 27.1 Å². The molecule has 0 saturated heterocycles. The van der Waals surface area contributed by atoms with E-state index in [1.807, 2.05) is 32.8 Å². The van der Waals surface area contributed by atoms with Crippen LogP contribution in [-0.4, -0.2) is 68.7 Å². The largest absolute Gasteiger partial charge is 0.382 e. The molecule has 41 heavy (non-hydrogen) atoms. The molecule has 12 heteroatoms. The number of fused-ring (bicyclic) bond motifs is 3. The maximum atomic E-state index is 15.6. The zero-order valence-corrected chi connectivity index (χ0v) is 25.0. The van der Waals surface area contributed by atoms with Gasteiger partial charge in [-0.2, -0.15) is 0 Å². The van der Waals surface area contributed by atoms with Crippen LogP contribution in [0.5, 0.6) is 0 Å². The maximum Gasteiger partial charge on any atom is 0.253 e. The van der Waals surface area contributed by atoms with Crippen molar-refractivity contribution in [2.45, 2.75) is 70.1 Å². The highest BCUT2D eigenvalue weighted by Crippen LogP contribution is 2.44. The zero-order valence-electron chi connectivity index (χ0n) is 24.2. The van der Waals surface area contributed by atoms with E-state index in [0.717, 1.165) is 6.54 Å². The smallest absolute Gasteiger partial charge is 0.253 e. The highest BCUT2D eigenvalue weighted by Gasteiger charge is 2.43. The van der Waals surface area contributed by atoms with E-state index in [9.17, 15) is 18.0 Å². The Hall–Kier alpha value is -2.96. The van der Waals surface area contributed by atoms with Crippen LogP contribution >= 0.6 is 0 Å². The zero-order chi connectivity index (χ0) is 29.7. The Morgan fingerprint density at radius 3 is 2.51 bits per heavy atom. The van der Waals surface area contributed by atoms with E-state index in [1.54, 1.807) is 10.6 Å². The summed E-state index contributed by atoms with van der Waals surface area (Å²) in [6.45, 7) is 5.58. The molecule has 0 bridgehead atoms. The summed E-state index contributed by atoms with van der Waals surface area (Å²) in [4.78, 5) is 27.2. The molecule has 0 spiro atoms. The van der Waals surface area contributed by atoms with Crippen molar-refractivity contribution in [2.24, 2.45) is 17.1 Å². The molecular formula is C29H40FN5O5S. The molecule has 1 aliphatic carbocycles. The Bertz CT molecular complexity index is 1470. The number of halogens is 1. The van der Waals surface area contributed by atoms with Gasteiger partial charge in [0.25, 0.3) is 5.91 Å². The third kappa shape index (κ3) is 5.87. The lowest BCUT2D eigenvalue weighted by Gasteiger charge is -2.31. The van der Waals surface area contributed by atoms with Gasteiger partial charge < -0.3 is 30.6 Å². The van der Waals surface area contributed by atoms with Crippen LogP contribution in [0, 0.1) is 17.2 Å². The third-order valence-electron chi connectivity index (χ3n) is 8.34. The SMILES string of the molecule is CN(C)CCNC(=O)[C@H]1CC[C@H](Nc2cc(-n3c4c(c5c3CC(C)(C)CS5(=O)=O)COC4)cc(F)c2C(N)=O)CC1. The molecule has 2 amide bonds. The van der Waals surface area contributed by atoms with E-state index < -0.39 is 27.0 Å². The van der Waals surface area contributed by atoms with Gasteiger partial charge in [-0.05, 0) is 63.7 Å². The molecular weight excluding hydrogens is 549 g/mol. The lowest BCUT2D eigenvalue weighted by atomic mass is 9.85. The van der Waals surface area contributed by atoms with Crippen molar-refractivity contribution in [3.05, 3.63) is 40.5 Å². The van der Waals surface area contributed by atoms with Crippen molar-refractivity contribution in [1.82, 2.24) is 14.8 Å². The summed E-state index contributed by atoms with van der Waals surface area (Å²) in [6.07, 6.45) is 3.18. The van der Waals surface area contributed by atoms with Gasteiger partial charge in [-0.25, -0.2) is 12.8 Å². The topological polar surface area (TPSA) is 136 Å². The number of carbonyl (C=O) groups excluding carboxylic acids is 2. The molecule has 224 valence electrons. The monoisotopic (exact) mass is 589 g/mol. The molecule has 1 saturated carbocycles. The van der Waals surface area contributed by atoms with Crippen molar-refractivity contribution >= 4 is 27.3 Å². The summed E-state index contributed by atoms with van der Waals surface area (Å²) < 4.78 is 49.7. The van der Waals surface area contributed by atoms with Crippen molar-refractivity contribution in [3.63, 3.8) is 0 Å². The van der Waals surface area contributed by atoms with Crippen molar-refractivity contribution in [3.8, 4) is 5.69 Å². The predicted molar refractivity (Wildman–Crippen MR) is 153 cm³/mol. The number of sulfone groups is 1. The van der Waals surface area contributed by atoms with Gasteiger partial charge >= 0.3 is 0 Å².